The lowest BCUT2D eigenvalue weighted by Crippen LogP contribution is -2.44. The van der Waals surface area contributed by atoms with Gasteiger partial charge in [-0.15, -0.1) is 12.4 Å². The van der Waals surface area contributed by atoms with E-state index < -0.39 is 0 Å². The zero-order chi connectivity index (χ0) is 12.3. The van der Waals surface area contributed by atoms with Crippen LogP contribution in [-0.2, 0) is 4.79 Å². The van der Waals surface area contributed by atoms with Crippen molar-refractivity contribution >= 4 is 30.1 Å². The molecule has 0 spiro atoms. The fourth-order valence-corrected chi connectivity index (χ4v) is 3.22. The summed E-state index contributed by atoms with van der Waals surface area (Å²) in [5, 5.41) is 7.08. The second-order valence-electron chi connectivity index (χ2n) is 5.40. The van der Waals surface area contributed by atoms with Crippen molar-refractivity contribution in [2.24, 2.45) is 5.92 Å². The van der Waals surface area contributed by atoms with Gasteiger partial charge in [-0.05, 0) is 31.4 Å². The van der Waals surface area contributed by atoms with Crippen molar-refractivity contribution in [3.63, 3.8) is 0 Å². The Balaban J connectivity index is 0.00000162. The highest BCUT2D eigenvalue weighted by Gasteiger charge is 2.37. The zero-order valence-corrected chi connectivity index (χ0v) is 12.9. The number of thioether (sulfide) groups is 1. The van der Waals surface area contributed by atoms with Crippen molar-refractivity contribution in [1.82, 2.24) is 10.6 Å². The number of rotatable bonds is 4. The van der Waals surface area contributed by atoms with E-state index in [-0.39, 0.29) is 24.4 Å². The molecule has 3 nitrogen and oxygen atoms in total. The molecule has 0 radical (unpaired) electrons. The van der Waals surface area contributed by atoms with Gasteiger partial charge in [0.05, 0.1) is 6.04 Å². The second-order valence-corrected chi connectivity index (χ2v) is 6.67. The molecular formula is C13H25ClN2OS. The largest absolute Gasteiger partial charge is 0.354 e. The quantitative estimate of drug-likeness (QED) is 0.835. The van der Waals surface area contributed by atoms with Crippen LogP contribution in [-0.4, -0.2) is 36.0 Å². The Labute approximate surface area is 121 Å². The molecule has 1 saturated heterocycles. The predicted octanol–water partition coefficient (Wildman–Crippen LogP) is 2.20. The summed E-state index contributed by atoms with van der Waals surface area (Å²) in [6, 6.07) is 0.676. The number of carbonyl (C=O) groups is 1. The third-order valence-corrected chi connectivity index (χ3v) is 5.12. The van der Waals surface area contributed by atoms with Crippen molar-refractivity contribution in [3.05, 3.63) is 0 Å². The van der Waals surface area contributed by atoms with Crippen LogP contribution in [0.25, 0.3) is 0 Å². The maximum absolute atomic E-state index is 12.0. The van der Waals surface area contributed by atoms with E-state index in [1.807, 2.05) is 0 Å². The molecular weight excluding hydrogens is 268 g/mol. The number of hydrogen-bond acceptors (Lipinski definition) is 3. The van der Waals surface area contributed by atoms with Crippen LogP contribution in [0.2, 0.25) is 0 Å². The van der Waals surface area contributed by atoms with Gasteiger partial charge >= 0.3 is 0 Å². The molecule has 1 saturated carbocycles. The first-order valence-corrected chi connectivity index (χ1v) is 8.06. The topological polar surface area (TPSA) is 41.1 Å². The number of carbonyl (C=O) groups excluding carboxylic acids is 1. The fraction of sp³-hybridized carbons (Fsp3) is 0.923. The lowest BCUT2D eigenvalue weighted by Gasteiger charge is -2.24. The molecule has 5 heteroatoms. The molecule has 4 unspecified atom stereocenters. The molecule has 0 bridgehead atoms. The SMILES string of the molecule is CSC(C)CNC(=O)C1CC2CCCCC2N1.Cl. The molecule has 0 aromatic carbocycles. The van der Waals surface area contributed by atoms with Crippen LogP contribution >= 0.6 is 24.2 Å². The first-order valence-electron chi connectivity index (χ1n) is 6.77. The average Bonchev–Trinajstić information content (AvgIpc) is 2.79. The van der Waals surface area contributed by atoms with Crippen LogP contribution in [0.4, 0.5) is 0 Å². The highest BCUT2D eigenvalue weighted by molar-refractivity contribution is 7.99. The van der Waals surface area contributed by atoms with E-state index in [2.05, 4.69) is 23.8 Å². The fourth-order valence-electron chi connectivity index (χ4n) is 2.97. The van der Waals surface area contributed by atoms with Crippen LogP contribution in [0.1, 0.15) is 39.0 Å². The minimum Gasteiger partial charge on any atom is -0.354 e. The molecule has 1 aliphatic carbocycles. The molecule has 2 rings (SSSR count). The van der Waals surface area contributed by atoms with Gasteiger partial charge < -0.3 is 10.6 Å². The number of fused-ring (bicyclic) bond motifs is 1. The maximum Gasteiger partial charge on any atom is 0.237 e. The van der Waals surface area contributed by atoms with Gasteiger partial charge in [0.2, 0.25) is 5.91 Å². The number of hydrogen-bond donors (Lipinski definition) is 2. The number of nitrogens with one attached hydrogen (secondary N) is 2. The minimum atomic E-state index is 0. The summed E-state index contributed by atoms with van der Waals surface area (Å²) in [6.07, 6.45) is 8.37. The van der Waals surface area contributed by atoms with Crippen LogP contribution in [0.15, 0.2) is 0 Å². The van der Waals surface area contributed by atoms with E-state index in [1.54, 1.807) is 11.8 Å². The molecule has 2 aliphatic rings. The molecule has 106 valence electrons. The van der Waals surface area contributed by atoms with Gasteiger partial charge in [-0.25, -0.2) is 0 Å². The number of halogens is 1. The van der Waals surface area contributed by atoms with Gasteiger partial charge in [0.1, 0.15) is 0 Å². The zero-order valence-electron chi connectivity index (χ0n) is 11.3. The summed E-state index contributed by atoms with van der Waals surface area (Å²) in [5.41, 5.74) is 0. The molecule has 18 heavy (non-hydrogen) atoms. The average molecular weight is 293 g/mol. The molecule has 4 atom stereocenters. The van der Waals surface area contributed by atoms with E-state index in [0.29, 0.717) is 11.3 Å². The van der Waals surface area contributed by atoms with Crippen LogP contribution < -0.4 is 10.6 Å². The van der Waals surface area contributed by atoms with Gasteiger partial charge in [0, 0.05) is 17.8 Å². The van der Waals surface area contributed by atoms with Crippen molar-refractivity contribution in [2.75, 3.05) is 12.8 Å². The van der Waals surface area contributed by atoms with Gasteiger partial charge in [-0.3, -0.25) is 4.79 Å². The first kappa shape index (κ1) is 16.1. The molecule has 2 N–H and O–H groups in total. The molecule has 1 aliphatic heterocycles. The normalized spacial score (nSPS) is 32.2. The third kappa shape index (κ3) is 4.04. The summed E-state index contributed by atoms with van der Waals surface area (Å²) in [7, 11) is 0. The minimum absolute atomic E-state index is 0. The highest BCUT2D eigenvalue weighted by Crippen LogP contribution is 2.33. The van der Waals surface area contributed by atoms with Crippen LogP contribution in [0, 0.1) is 5.92 Å². The summed E-state index contributed by atoms with van der Waals surface area (Å²) < 4.78 is 0. The second kappa shape index (κ2) is 7.61. The Morgan fingerprint density at radius 2 is 2.17 bits per heavy atom. The van der Waals surface area contributed by atoms with Crippen LogP contribution in [0.5, 0.6) is 0 Å². The lowest BCUT2D eigenvalue weighted by atomic mass is 9.85. The smallest absolute Gasteiger partial charge is 0.237 e. The van der Waals surface area contributed by atoms with Crippen molar-refractivity contribution < 1.29 is 4.79 Å². The van der Waals surface area contributed by atoms with E-state index in [0.717, 1.165) is 18.9 Å². The summed E-state index contributed by atoms with van der Waals surface area (Å²) in [6.45, 7) is 2.93. The van der Waals surface area contributed by atoms with E-state index in [4.69, 9.17) is 0 Å². The van der Waals surface area contributed by atoms with Gasteiger partial charge in [-0.2, -0.15) is 11.8 Å². The Morgan fingerprint density at radius 1 is 1.44 bits per heavy atom. The molecule has 0 aromatic heterocycles. The molecule has 1 heterocycles. The predicted molar refractivity (Wildman–Crippen MR) is 80.5 cm³/mol. The summed E-state index contributed by atoms with van der Waals surface area (Å²) in [5.74, 6) is 0.956. The first-order chi connectivity index (χ1) is 8.20. The molecule has 2 fully saturated rings. The Bertz CT molecular complexity index is 264. The standard InChI is InChI=1S/C13H24N2OS.ClH/c1-9(17-2)8-14-13(16)12-7-10-5-3-4-6-11(10)15-12;/h9-12,15H,3-8H2,1-2H3,(H,14,16);1H. The Kier molecular flexibility index (Phi) is 6.82. The van der Waals surface area contributed by atoms with Gasteiger partial charge in [-0.1, -0.05) is 19.8 Å². The summed E-state index contributed by atoms with van der Waals surface area (Å²) in [4.78, 5) is 12.0. The van der Waals surface area contributed by atoms with Gasteiger partial charge in [0.15, 0.2) is 0 Å². The van der Waals surface area contributed by atoms with Crippen molar-refractivity contribution in [1.29, 1.82) is 0 Å². The Hall–Kier alpha value is 0.0700. The number of amides is 1. The van der Waals surface area contributed by atoms with E-state index in [9.17, 15) is 4.79 Å². The Morgan fingerprint density at radius 3 is 2.83 bits per heavy atom. The lowest BCUT2D eigenvalue weighted by molar-refractivity contribution is -0.122. The highest BCUT2D eigenvalue weighted by atomic mass is 35.5. The van der Waals surface area contributed by atoms with Crippen molar-refractivity contribution in [2.45, 2.75) is 56.4 Å². The molecule has 1 amide bonds. The molecule has 0 aromatic rings. The maximum atomic E-state index is 12.0. The monoisotopic (exact) mass is 292 g/mol. The summed E-state index contributed by atoms with van der Waals surface area (Å²) >= 11 is 1.79. The van der Waals surface area contributed by atoms with Gasteiger partial charge in [0.25, 0.3) is 0 Å². The van der Waals surface area contributed by atoms with Crippen molar-refractivity contribution in [3.8, 4) is 0 Å². The van der Waals surface area contributed by atoms with E-state index >= 15 is 0 Å². The van der Waals surface area contributed by atoms with Crippen LogP contribution in [0.3, 0.4) is 0 Å². The third-order valence-electron chi connectivity index (χ3n) is 4.15. The van der Waals surface area contributed by atoms with E-state index in [1.165, 1.54) is 25.7 Å².